The van der Waals surface area contributed by atoms with Gasteiger partial charge >= 0.3 is 5.97 Å². The fourth-order valence-electron chi connectivity index (χ4n) is 4.03. The number of fused-ring (bicyclic) bond motifs is 1. The number of halogens is 2. The average Bonchev–Trinajstić information content (AvgIpc) is 2.91. The minimum Gasteiger partial charge on any atom is -0.479 e. The van der Waals surface area contributed by atoms with Gasteiger partial charge in [0.15, 0.2) is 6.04 Å². The molecular formula is C26H22BrClN2O4. The number of carbonyl (C=O) groups excluding carboxylic acids is 2. The maximum atomic E-state index is 13.9. The number of hydrogen-bond acceptors (Lipinski definition) is 3. The van der Waals surface area contributed by atoms with Crippen molar-refractivity contribution in [1.82, 2.24) is 5.32 Å². The second-order valence-electron chi connectivity index (χ2n) is 8.39. The number of aliphatic carboxylic acids is 1. The summed E-state index contributed by atoms with van der Waals surface area (Å²) in [5, 5.41) is 13.5. The molecular weight excluding hydrogens is 520 g/mol. The maximum absolute atomic E-state index is 13.9. The van der Waals surface area contributed by atoms with Crippen LogP contribution < -0.4 is 10.2 Å². The predicted molar refractivity (Wildman–Crippen MR) is 134 cm³/mol. The van der Waals surface area contributed by atoms with Gasteiger partial charge in [-0.25, -0.2) is 4.79 Å². The first-order valence-corrected chi connectivity index (χ1v) is 11.9. The van der Waals surface area contributed by atoms with E-state index in [1.54, 1.807) is 60.7 Å². The first-order chi connectivity index (χ1) is 16.2. The van der Waals surface area contributed by atoms with Gasteiger partial charge in [0.05, 0.1) is 11.3 Å². The topological polar surface area (TPSA) is 86.7 Å². The van der Waals surface area contributed by atoms with Crippen molar-refractivity contribution in [2.75, 3.05) is 4.90 Å². The second-order valence-corrected chi connectivity index (χ2v) is 9.74. The molecule has 0 aliphatic carbocycles. The van der Waals surface area contributed by atoms with E-state index in [-0.39, 0.29) is 17.2 Å². The van der Waals surface area contributed by atoms with E-state index >= 15 is 0 Å². The number of carboxylic acids is 1. The Hall–Kier alpha value is -3.16. The van der Waals surface area contributed by atoms with E-state index < -0.39 is 29.9 Å². The van der Waals surface area contributed by atoms with Crippen molar-refractivity contribution in [3.05, 3.63) is 98.5 Å². The largest absolute Gasteiger partial charge is 0.479 e. The van der Waals surface area contributed by atoms with Crippen molar-refractivity contribution >= 4 is 51.0 Å². The first-order valence-electron chi connectivity index (χ1n) is 10.7. The van der Waals surface area contributed by atoms with E-state index in [4.69, 9.17) is 11.6 Å². The Kier molecular flexibility index (Phi) is 6.77. The molecule has 0 aromatic heterocycles. The summed E-state index contributed by atoms with van der Waals surface area (Å²) in [5.41, 5.74) is 2.32. The number of anilines is 1. The lowest BCUT2D eigenvalue weighted by molar-refractivity contribution is -0.140. The van der Waals surface area contributed by atoms with Gasteiger partial charge in [-0.05, 0) is 59.0 Å². The maximum Gasteiger partial charge on any atom is 0.331 e. The number of rotatable bonds is 5. The monoisotopic (exact) mass is 540 g/mol. The summed E-state index contributed by atoms with van der Waals surface area (Å²) < 4.78 is 0.778. The van der Waals surface area contributed by atoms with Gasteiger partial charge in [0.2, 0.25) is 0 Å². The molecule has 1 aliphatic heterocycles. The van der Waals surface area contributed by atoms with Crippen LogP contribution in [0.2, 0.25) is 5.02 Å². The number of benzene rings is 3. The molecule has 3 aromatic rings. The predicted octanol–water partition coefficient (Wildman–Crippen LogP) is 5.87. The van der Waals surface area contributed by atoms with E-state index in [2.05, 4.69) is 21.2 Å². The average molecular weight is 542 g/mol. The molecule has 2 amide bonds. The molecule has 34 heavy (non-hydrogen) atoms. The lowest BCUT2D eigenvalue weighted by Crippen LogP contribution is -2.44. The number of carbonyl (C=O) groups is 3. The van der Waals surface area contributed by atoms with E-state index in [1.807, 2.05) is 19.9 Å². The molecule has 0 radical (unpaired) electrons. The normalized spacial score (nSPS) is 16.6. The molecule has 3 aromatic carbocycles. The van der Waals surface area contributed by atoms with Gasteiger partial charge < -0.3 is 10.4 Å². The van der Waals surface area contributed by atoms with E-state index in [0.717, 1.165) is 10.0 Å². The molecule has 0 saturated carbocycles. The molecule has 1 heterocycles. The van der Waals surface area contributed by atoms with Gasteiger partial charge in [0, 0.05) is 9.50 Å². The summed E-state index contributed by atoms with van der Waals surface area (Å²) in [6, 6.07) is 16.0. The number of nitrogens with one attached hydrogen (secondary N) is 1. The van der Waals surface area contributed by atoms with Crippen LogP contribution in [0.3, 0.4) is 0 Å². The van der Waals surface area contributed by atoms with Crippen LogP contribution in [0.5, 0.6) is 0 Å². The highest BCUT2D eigenvalue weighted by Gasteiger charge is 2.41. The van der Waals surface area contributed by atoms with Gasteiger partial charge in [-0.2, -0.15) is 0 Å². The van der Waals surface area contributed by atoms with E-state index in [9.17, 15) is 19.5 Å². The zero-order chi connectivity index (χ0) is 24.6. The third kappa shape index (κ3) is 4.58. The van der Waals surface area contributed by atoms with Crippen LogP contribution >= 0.6 is 27.5 Å². The van der Waals surface area contributed by atoms with Gasteiger partial charge in [0.25, 0.3) is 11.8 Å². The summed E-state index contributed by atoms with van der Waals surface area (Å²) in [7, 11) is 0. The highest BCUT2D eigenvalue weighted by Crippen LogP contribution is 2.37. The number of hydrogen-bond donors (Lipinski definition) is 2. The first kappa shape index (κ1) is 24.0. The number of amides is 2. The summed E-state index contributed by atoms with van der Waals surface area (Å²) in [6.07, 6.45) is 0. The van der Waals surface area contributed by atoms with E-state index in [1.165, 1.54) is 4.90 Å². The van der Waals surface area contributed by atoms with E-state index in [0.29, 0.717) is 16.1 Å². The summed E-state index contributed by atoms with van der Waals surface area (Å²) >= 11 is 9.38. The molecule has 0 spiro atoms. The van der Waals surface area contributed by atoms with Crippen LogP contribution in [0.4, 0.5) is 5.69 Å². The Labute approximate surface area is 210 Å². The lowest BCUT2D eigenvalue weighted by Gasteiger charge is -2.31. The van der Waals surface area contributed by atoms with Crippen LogP contribution in [0, 0.1) is 0 Å². The number of nitrogens with zero attached hydrogens (tertiary/aromatic N) is 1. The van der Waals surface area contributed by atoms with Crippen molar-refractivity contribution < 1.29 is 19.5 Å². The Morgan fingerprint density at radius 3 is 2.21 bits per heavy atom. The second kappa shape index (κ2) is 9.60. The fourth-order valence-corrected chi connectivity index (χ4v) is 4.42. The fraction of sp³-hybridized carbons (Fsp3) is 0.192. The molecule has 0 saturated heterocycles. The molecule has 2 atom stereocenters. The van der Waals surface area contributed by atoms with Gasteiger partial charge in [-0.1, -0.05) is 71.7 Å². The van der Waals surface area contributed by atoms with Crippen molar-refractivity contribution in [1.29, 1.82) is 0 Å². The zero-order valence-electron chi connectivity index (χ0n) is 18.5. The Balaban J connectivity index is 1.94. The highest BCUT2D eigenvalue weighted by molar-refractivity contribution is 9.10. The number of carboxylic acid groups (broad SMARTS) is 1. The third-order valence-corrected chi connectivity index (χ3v) is 6.61. The molecule has 2 N–H and O–H groups in total. The SMILES string of the molecule is CC(C)c1ccc2c(c1)C(=O)NC(c1ccc(Cl)cc1)C(=O)N2C(C(=O)O)c1ccc(Br)cc1. The van der Waals surface area contributed by atoms with Gasteiger partial charge in [-0.3, -0.25) is 14.5 Å². The van der Waals surface area contributed by atoms with Crippen molar-refractivity contribution in [2.24, 2.45) is 0 Å². The van der Waals surface area contributed by atoms with Crippen LogP contribution in [0.1, 0.15) is 58.9 Å². The Morgan fingerprint density at radius 2 is 1.62 bits per heavy atom. The van der Waals surface area contributed by atoms with Crippen molar-refractivity contribution in [2.45, 2.75) is 31.8 Å². The molecule has 0 fully saturated rings. The van der Waals surface area contributed by atoms with Crippen LogP contribution in [0.15, 0.2) is 71.2 Å². The van der Waals surface area contributed by atoms with Crippen LogP contribution in [-0.2, 0) is 9.59 Å². The van der Waals surface area contributed by atoms with Gasteiger partial charge in [0.1, 0.15) is 6.04 Å². The standard InChI is InChI=1S/C26H22BrClN2O4/c1-14(2)17-7-12-21-20(13-17)24(31)29-22(15-5-10-19(28)11-6-15)25(32)30(21)23(26(33)34)16-3-8-18(27)9-4-16/h3-14,22-23H,1-2H3,(H,29,31)(H,33,34). The summed E-state index contributed by atoms with van der Waals surface area (Å²) in [5.74, 6) is -2.08. The van der Waals surface area contributed by atoms with Crippen molar-refractivity contribution in [3.63, 3.8) is 0 Å². The Bertz CT molecular complexity index is 1260. The molecule has 1 aliphatic rings. The smallest absolute Gasteiger partial charge is 0.331 e. The molecule has 174 valence electrons. The molecule has 2 unspecified atom stereocenters. The highest BCUT2D eigenvalue weighted by atomic mass is 79.9. The summed E-state index contributed by atoms with van der Waals surface area (Å²) in [6.45, 7) is 4.00. The molecule has 4 rings (SSSR count). The minimum absolute atomic E-state index is 0.138. The Morgan fingerprint density at radius 1 is 1.00 bits per heavy atom. The quantitative estimate of drug-likeness (QED) is 0.423. The minimum atomic E-state index is -1.34. The van der Waals surface area contributed by atoms with Gasteiger partial charge in [-0.15, -0.1) is 0 Å². The van der Waals surface area contributed by atoms with Crippen LogP contribution in [-0.4, -0.2) is 22.9 Å². The van der Waals surface area contributed by atoms with Crippen LogP contribution in [0.25, 0.3) is 0 Å². The third-order valence-electron chi connectivity index (χ3n) is 5.83. The lowest BCUT2D eigenvalue weighted by atomic mass is 9.97. The zero-order valence-corrected chi connectivity index (χ0v) is 20.8. The molecule has 6 nitrogen and oxygen atoms in total. The van der Waals surface area contributed by atoms with Crippen molar-refractivity contribution in [3.8, 4) is 0 Å². The molecule has 8 heteroatoms. The summed E-state index contributed by atoms with van der Waals surface area (Å²) in [4.78, 5) is 41.1. The molecule has 0 bridgehead atoms.